The van der Waals surface area contributed by atoms with Crippen LogP contribution in [0.5, 0.6) is 0 Å². The van der Waals surface area contributed by atoms with Gasteiger partial charge in [-0.1, -0.05) is 72.8 Å². The number of fused-ring (bicyclic) bond motifs is 2. The van der Waals surface area contributed by atoms with E-state index in [0.717, 1.165) is 11.1 Å². The minimum atomic E-state index is 0.117. The first kappa shape index (κ1) is 16.8. The quantitative estimate of drug-likeness (QED) is 0.550. The first-order valence-corrected chi connectivity index (χ1v) is 9.07. The fourth-order valence-corrected chi connectivity index (χ4v) is 3.88. The van der Waals surface area contributed by atoms with Crippen molar-refractivity contribution in [3.05, 3.63) is 83.9 Å². The highest BCUT2D eigenvalue weighted by Crippen LogP contribution is 2.39. The van der Waals surface area contributed by atoms with Crippen LogP contribution in [0, 0.1) is 0 Å². The average Bonchev–Trinajstić information content (AvgIpc) is 2.69. The van der Waals surface area contributed by atoms with Crippen LogP contribution >= 0.6 is 0 Å². The van der Waals surface area contributed by atoms with E-state index in [1.165, 1.54) is 32.7 Å². The molecule has 0 saturated heterocycles. The van der Waals surface area contributed by atoms with E-state index in [1.807, 2.05) is 0 Å². The number of aliphatic hydroxyl groups excluding tert-OH is 2. The van der Waals surface area contributed by atoms with E-state index in [0.29, 0.717) is 12.8 Å². The van der Waals surface area contributed by atoms with E-state index < -0.39 is 0 Å². The number of hydrogen-bond acceptors (Lipinski definition) is 2. The SMILES string of the molecule is OCCc1ccc2ccccc2c1-c1c(CCO)ccc2ccccc12. The van der Waals surface area contributed by atoms with Gasteiger partial charge in [-0.25, -0.2) is 0 Å². The minimum Gasteiger partial charge on any atom is -0.396 e. The Morgan fingerprint density at radius 1 is 0.500 bits per heavy atom. The van der Waals surface area contributed by atoms with Crippen LogP contribution in [0.15, 0.2) is 72.8 Å². The number of hydrogen-bond donors (Lipinski definition) is 2. The molecule has 0 radical (unpaired) electrons. The lowest BCUT2D eigenvalue weighted by Gasteiger charge is -2.19. The topological polar surface area (TPSA) is 40.5 Å². The van der Waals surface area contributed by atoms with Crippen molar-refractivity contribution in [1.82, 2.24) is 0 Å². The molecule has 0 saturated carbocycles. The molecule has 0 aliphatic heterocycles. The smallest absolute Gasteiger partial charge is 0.0471 e. The third-order valence-electron chi connectivity index (χ3n) is 5.04. The lowest BCUT2D eigenvalue weighted by Crippen LogP contribution is -2.01. The molecule has 130 valence electrons. The maximum Gasteiger partial charge on any atom is 0.0471 e. The monoisotopic (exact) mass is 342 g/mol. The van der Waals surface area contributed by atoms with Gasteiger partial charge in [0.15, 0.2) is 0 Å². The van der Waals surface area contributed by atoms with Crippen LogP contribution in [0.1, 0.15) is 11.1 Å². The maximum absolute atomic E-state index is 9.61. The molecule has 0 aliphatic rings. The summed E-state index contributed by atoms with van der Waals surface area (Å²) in [6.45, 7) is 0.233. The second-order valence-electron chi connectivity index (χ2n) is 6.59. The van der Waals surface area contributed by atoms with Gasteiger partial charge in [0.1, 0.15) is 0 Å². The Kier molecular flexibility index (Phi) is 4.70. The highest BCUT2D eigenvalue weighted by molar-refractivity contribution is 6.07. The Labute approximate surface area is 153 Å². The average molecular weight is 342 g/mol. The van der Waals surface area contributed by atoms with Gasteiger partial charge in [0.25, 0.3) is 0 Å². The molecule has 2 N–H and O–H groups in total. The van der Waals surface area contributed by atoms with Crippen molar-refractivity contribution in [2.24, 2.45) is 0 Å². The second-order valence-corrected chi connectivity index (χ2v) is 6.59. The minimum absolute atomic E-state index is 0.117. The molecular weight excluding hydrogens is 320 g/mol. The molecule has 0 unspecified atom stereocenters. The highest BCUT2D eigenvalue weighted by Gasteiger charge is 2.16. The van der Waals surface area contributed by atoms with Crippen LogP contribution in [0.2, 0.25) is 0 Å². The van der Waals surface area contributed by atoms with Crippen LogP contribution in [0.3, 0.4) is 0 Å². The Bertz CT molecular complexity index is 979. The summed E-state index contributed by atoms with van der Waals surface area (Å²) in [7, 11) is 0. The summed E-state index contributed by atoms with van der Waals surface area (Å²) in [6, 6.07) is 25.3. The van der Waals surface area contributed by atoms with E-state index in [1.54, 1.807) is 0 Å². The Morgan fingerprint density at radius 2 is 0.923 bits per heavy atom. The summed E-state index contributed by atoms with van der Waals surface area (Å²) in [5.41, 5.74) is 4.64. The lowest BCUT2D eigenvalue weighted by atomic mass is 9.85. The fraction of sp³-hybridized carbons (Fsp3) is 0.167. The van der Waals surface area contributed by atoms with Crippen molar-refractivity contribution >= 4 is 21.5 Å². The van der Waals surface area contributed by atoms with Crippen molar-refractivity contribution in [1.29, 1.82) is 0 Å². The third kappa shape index (κ3) is 2.88. The van der Waals surface area contributed by atoms with Gasteiger partial charge in [-0.15, -0.1) is 0 Å². The molecule has 0 aromatic heterocycles. The summed E-state index contributed by atoms with van der Waals surface area (Å²) in [5.74, 6) is 0. The molecule has 0 aliphatic carbocycles. The summed E-state index contributed by atoms with van der Waals surface area (Å²) >= 11 is 0. The Hall–Kier alpha value is -2.68. The predicted molar refractivity (Wildman–Crippen MR) is 108 cm³/mol. The largest absolute Gasteiger partial charge is 0.396 e. The molecule has 0 atom stereocenters. The number of aliphatic hydroxyl groups is 2. The third-order valence-corrected chi connectivity index (χ3v) is 5.04. The summed E-state index contributed by atoms with van der Waals surface area (Å²) in [6.07, 6.45) is 1.23. The van der Waals surface area contributed by atoms with Gasteiger partial charge in [-0.3, -0.25) is 0 Å². The van der Waals surface area contributed by atoms with Crippen molar-refractivity contribution < 1.29 is 10.2 Å². The molecular formula is C24H22O2. The molecule has 4 rings (SSSR count). The lowest BCUT2D eigenvalue weighted by molar-refractivity contribution is 0.299. The van der Waals surface area contributed by atoms with Crippen LogP contribution in [-0.2, 0) is 12.8 Å². The molecule has 2 heteroatoms. The van der Waals surface area contributed by atoms with Crippen LogP contribution in [0.4, 0.5) is 0 Å². The van der Waals surface area contributed by atoms with Crippen molar-refractivity contribution in [3.63, 3.8) is 0 Å². The van der Waals surface area contributed by atoms with Gasteiger partial charge in [-0.2, -0.15) is 0 Å². The van der Waals surface area contributed by atoms with Gasteiger partial charge in [0, 0.05) is 13.2 Å². The van der Waals surface area contributed by atoms with Crippen LogP contribution in [0.25, 0.3) is 32.7 Å². The maximum atomic E-state index is 9.61. The molecule has 0 spiro atoms. The normalized spacial score (nSPS) is 11.3. The molecule has 4 aromatic carbocycles. The molecule has 0 fully saturated rings. The van der Waals surface area contributed by atoms with Crippen LogP contribution < -0.4 is 0 Å². The summed E-state index contributed by atoms with van der Waals surface area (Å²) < 4.78 is 0. The molecule has 26 heavy (non-hydrogen) atoms. The summed E-state index contributed by atoms with van der Waals surface area (Å²) in [5, 5.41) is 24.0. The first-order chi connectivity index (χ1) is 12.8. The van der Waals surface area contributed by atoms with Gasteiger partial charge >= 0.3 is 0 Å². The van der Waals surface area contributed by atoms with E-state index in [9.17, 15) is 10.2 Å². The molecule has 0 amide bonds. The fourth-order valence-electron chi connectivity index (χ4n) is 3.88. The zero-order chi connectivity index (χ0) is 17.9. The zero-order valence-corrected chi connectivity index (χ0v) is 14.7. The van der Waals surface area contributed by atoms with Gasteiger partial charge in [-0.05, 0) is 56.6 Å². The molecule has 0 bridgehead atoms. The van der Waals surface area contributed by atoms with Gasteiger partial charge in [0.05, 0.1) is 0 Å². The number of benzene rings is 4. The van der Waals surface area contributed by atoms with E-state index >= 15 is 0 Å². The summed E-state index contributed by atoms with van der Waals surface area (Å²) in [4.78, 5) is 0. The van der Waals surface area contributed by atoms with Crippen molar-refractivity contribution in [3.8, 4) is 11.1 Å². The standard InChI is InChI=1S/C24H22O2/c25-15-13-19-11-9-17-5-1-3-7-21(17)23(19)24-20(14-16-26)12-10-18-6-2-4-8-22(18)24/h1-12,25-26H,13-16H2. The number of rotatable bonds is 5. The van der Waals surface area contributed by atoms with Crippen LogP contribution in [-0.4, -0.2) is 23.4 Å². The Balaban J connectivity index is 2.15. The van der Waals surface area contributed by atoms with Gasteiger partial charge < -0.3 is 10.2 Å². The van der Waals surface area contributed by atoms with Crippen molar-refractivity contribution in [2.75, 3.05) is 13.2 Å². The molecule has 0 heterocycles. The predicted octanol–water partition coefficient (Wildman–Crippen LogP) is 4.73. The molecule has 4 aromatic rings. The second kappa shape index (κ2) is 7.28. The van der Waals surface area contributed by atoms with E-state index in [-0.39, 0.29) is 13.2 Å². The van der Waals surface area contributed by atoms with E-state index in [2.05, 4.69) is 72.8 Å². The first-order valence-electron chi connectivity index (χ1n) is 9.07. The Morgan fingerprint density at radius 3 is 1.35 bits per heavy atom. The van der Waals surface area contributed by atoms with Gasteiger partial charge in [0.2, 0.25) is 0 Å². The van der Waals surface area contributed by atoms with E-state index in [4.69, 9.17) is 0 Å². The molecule has 2 nitrogen and oxygen atoms in total. The highest BCUT2D eigenvalue weighted by atomic mass is 16.3. The van der Waals surface area contributed by atoms with Crippen molar-refractivity contribution in [2.45, 2.75) is 12.8 Å². The zero-order valence-electron chi connectivity index (χ0n) is 14.7.